The first-order valence-corrected chi connectivity index (χ1v) is 6.18. The Morgan fingerprint density at radius 3 is 2.41 bits per heavy atom. The van der Waals surface area contributed by atoms with Gasteiger partial charge in [-0.1, -0.05) is 50.3 Å². The van der Waals surface area contributed by atoms with E-state index < -0.39 is 0 Å². The van der Waals surface area contributed by atoms with Crippen molar-refractivity contribution in [3.05, 3.63) is 54.1 Å². The molecule has 0 spiro atoms. The third-order valence-corrected chi connectivity index (χ3v) is 2.55. The summed E-state index contributed by atoms with van der Waals surface area (Å²) in [5, 5.41) is 0. The van der Waals surface area contributed by atoms with Gasteiger partial charge in [0.2, 0.25) is 0 Å². The van der Waals surface area contributed by atoms with Crippen molar-refractivity contribution < 1.29 is 0 Å². The van der Waals surface area contributed by atoms with Crippen LogP contribution in [0, 0.1) is 13.8 Å². The predicted molar refractivity (Wildman–Crippen MR) is 79.1 cm³/mol. The fourth-order valence-corrected chi connectivity index (χ4v) is 1.69. The molecule has 0 radical (unpaired) electrons. The molecule has 17 heavy (non-hydrogen) atoms. The van der Waals surface area contributed by atoms with Crippen LogP contribution in [0.2, 0.25) is 0 Å². The summed E-state index contributed by atoms with van der Waals surface area (Å²) in [7, 11) is 0. The third-order valence-electron chi connectivity index (χ3n) is 2.55. The van der Waals surface area contributed by atoms with Gasteiger partial charge in [0, 0.05) is 6.04 Å². The average molecular weight is 231 g/mol. The molecule has 0 fully saturated rings. The number of hydrogen-bond acceptors (Lipinski definition) is 1. The second kappa shape index (κ2) is 7.86. The second-order valence-electron chi connectivity index (χ2n) is 4.03. The van der Waals surface area contributed by atoms with E-state index in [1.807, 2.05) is 13.8 Å². The highest BCUT2D eigenvalue weighted by Gasteiger charge is 2.05. The summed E-state index contributed by atoms with van der Waals surface area (Å²) in [6.07, 6.45) is 2.53. The number of aryl methyl sites for hydroxylation is 2. The first-order valence-electron chi connectivity index (χ1n) is 6.18. The fourth-order valence-electron chi connectivity index (χ4n) is 1.69. The van der Waals surface area contributed by atoms with Gasteiger partial charge in [-0.3, -0.25) is 0 Å². The molecule has 0 saturated heterocycles. The maximum atomic E-state index is 5.81. The minimum atomic E-state index is -0.00166. The molecule has 0 amide bonds. The van der Waals surface area contributed by atoms with Crippen LogP contribution in [0.5, 0.6) is 0 Å². The van der Waals surface area contributed by atoms with Gasteiger partial charge in [-0.15, -0.1) is 6.58 Å². The molecule has 0 aliphatic carbocycles. The molecule has 1 nitrogen and oxygen atoms in total. The number of benzene rings is 1. The Balaban J connectivity index is 0.00000121. The Kier molecular flexibility index (Phi) is 7.24. The van der Waals surface area contributed by atoms with Crippen molar-refractivity contribution in [2.24, 2.45) is 5.73 Å². The molecule has 0 aliphatic heterocycles. The molecule has 0 heterocycles. The number of nitrogens with two attached hydrogens (primary N) is 1. The molecular weight excluding hydrogens is 206 g/mol. The van der Waals surface area contributed by atoms with E-state index >= 15 is 0 Å². The summed E-state index contributed by atoms with van der Waals surface area (Å²) < 4.78 is 0. The first-order chi connectivity index (χ1) is 8.04. The topological polar surface area (TPSA) is 26.0 Å². The Hall–Kier alpha value is -1.34. The normalized spacial score (nSPS) is 11.1. The highest BCUT2D eigenvalue weighted by atomic mass is 14.6. The summed E-state index contributed by atoms with van der Waals surface area (Å²) >= 11 is 0. The van der Waals surface area contributed by atoms with E-state index in [2.05, 4.69) is 45.2 Å². The number of hydrogen-bond donors (Lipinski definition) is 1. The zero-order valence-electron chi connectivity index (χ0n) is 11.6. The fraction of sp³-hybridized carbons (Fsp3) is 0.375. The van der Waals surface area contributed by atoms with Crippen LogP contribution in [0.25, 0.3) is 5.57 Å². The first kappa shape index (κ1) is 15.7. The summed E-state index contributed by atoms with van der Waals surface area (Å²) in [5.41, 5.74) is 10.6. The molecule has 1 unspecified atom stereocenters. The van der Waals surface area contributed by atoms with Crippen molar-refractivity contribution in [1.29, 1.82) is 0 Å². The molecule has 2 N–H and O–H groups in total. The van der Waals surface area contributed by atoms with Crippen LogP contribution in [-0.4, -0.2) is 6.04 Å². The lowest BCUT2D eigenvalue weighted by molar-refractivity contribution is 0.848. The van der Waals surface area contributed by atoms with Crippen molar-refractivity contribution >= 4 is 5.57 Å². The Morgan fingerprint density at radius 2 is 1.94 bits per heavy atom. The minimum absolute atomic E-state index is 0.00166. The van der Waals surface area contributed by atoms with Crippen molar-refractivity contribution in [2.75, 3.05) is 0 Å². The lowest BCUT2D eigenvalue weighted by Gasteiger charge is -2.12. The zero-order valence-corrected chi connectivity index (χ0v) is 11.6. The van der Waals surface area contributed by atoms with Gasteiger partial charge in [-0.25, -0.2) is 0 Å². The standard InChI is InChI=1S/C14H19N.C2H6/c1-5-13(15)9-12(4)14-7-6-10(2)8-11(14)3;1-2/h5-8,13H,1,4,9,15H2,2-3H3;1-2H3. The predicted octanol–water partition coefficient (Wildman–Crippen LogP) is 4.25. The molecule has 0 aromatic heterocycles. The monoisotopic (exact) mass is 231 g/mol. The maximum absolute atomic E-state index is 5.81. The van der Waals surface area contributed by atoms with E-state index in [4.69, 9.17) is 5.73 Å². The summed E-state index contributed by atoms with van der Waals surface area (Å²) in [6, 6.07) is 6.38. The van der Waals surface area contributed by atoms with Gasteiger partial charge in [0.15, 0.2) is 0 Å². The molecular formula is C16H25N. The second-order valence-corrected chi connectivity index (χ2v) is 4.03. The smallest absolute Gasteiger partial charge is 0.0262 e. The van der Waals surface area contributed by atoms with E-state index in [1.165, 1.54) is 16.7 Å². The van der Waals surface area contributed by atoms with Crippen molar-refractivity contribution in [2.45, 2.75) is 40.2 Å². The molecule has 0 aliphatic rings. The zero-order chi connectivity index (χ0) is 13.4. The van der Waals surface area contributed by atoms with Gasteiger partial charge in [-0.05, 0) is 37.0 Å². The van der Waals surface area contributed by atoms with Crippen LogP contribution in [0.1, 0.15) is 37.0 Å². The maximum Gasteiger partial charge on any atom is 0.0262 e. The Labute approximate surface area is 106 Å². The third kappa shape index (κ3) is 5.01. The van der Waals surface area contributed by atoms with Crippen molar-refractivity contribution in [3.8, 4) is 0 Å². The van der Waals surface area contributed by atoms with Crippen LogP contribution < -0.4 is 5.73 Å². The highest BCUT2D eigenvalue weighted by molar-refractivity contribution is 5.67. The van der Waals surface area contributed by atoms with Crippen LogP contribution in [0.15, 0.2) is 37.4 Å². The largest absolute Gasteiger partial charge is 0.324 e. The van der Waals surface area contributed by atoms with E-state index in [1.54, 1.807) is 6.08 Å². The number of rotatable bonds is 4. The summed E-state index contributed by atoms with van der Waals surface area (Å²) in [5.74, 6) is 0. The molecule has 94 valence electrons. The summed E-state index contributed by atoms with van der Waals surface area (Å²) in [6.45, 7) is 15.9. The van der Waals surface area contributed by atoms with Crippen LogP contribution in [0.3, 0.4) is 0 Å². The molecule has 1 aromatic carbocycles. The molecule has 0 bridgehead atoms. The highest BCUT2D eigenvalue weighted by Crippen LogP contribution is 2.22. The van der Waals surface area contributed by atoms with E-state index in [9.17, 15) is 0 Å². The van der Waals surface area contributed by atoms with Gasteiger partial charge < -0.3 is 5.73 Å². The molecule has 1 rings (SSSR count). The lowest BCUT2D eigenvalue weighted by atomic mass is 9.95. The van der Waals surface area contributed by atoms with Crippen LogP contribution in [-0.2, 0) is 0 Å². The lowest BCUT2D eigenvalue weighted by Crippen LogP contribution is -2.16. The quantitative estimate of drug-likeness (QED) is 0.770. The molecule has 1 heteroatoms. The van der Waals surface area contributed by atoms with Crippen LogP contribution in [0.4, 0.5) is 0 Å². The van der Waals surface area contributed by atoms with E-state index in [0.29, 0.717) is 0 Å². The molecule has 0 saturated carbocycles. The minimum Gasteiger partial charge on any atom is -0.324 e. The SMILES string of the molecule is C=CC(N)CC(=C)c1ccc(C)cc1C.CC. The van der Waals surface area contributed by atoms with Crippen molar-refractivity contribution in [1.82, 2.24) is 0 Å². The Morgan fingerprint density at radius 1 is 1.35 bits per heavy atom. The van der Waals surface area contributed by atoms with Crippen LogP contribution >= 0.6 is 0 Å². The van der Waals surface area contributed by atoms with E-state index in [-0.39, 0.29) is 6.04 Å². The van der Waals surface area contributed by atoms with Gasteiger partial charge >= 0.3 is 0 Å². The Bertz CT molecular complexity index is 377. The molecule has 1 aromatic rings. The average Bonchev–Trinajstić information content (AvgIpc) is 2.31. The summed E-state index contributed by atoms with van der Waals surface area (Å²) in [4.78, 5) is 0. The van der Waals surface area contributed by atoms with Gasteiger partial charge in [0.1, 0.15) is 0 Å². The molecule has 1 atom stereocenters. The van der Waals surface area contributed by atoms with E-state index in [0.717, 1.165) is 12.0 Å². The van der Waals surface area contributed by atoms with Crippen molar-refractivity contribution in [3.63, 3.8) is 0 Å². The van der Waals surface area contributed by atoms with Gasteiger partial charge in [0.05, 0.1) is 0 Å². The van der Waals surface area contributed by atoms with Gasteiger partial charge in [0.25, 0.3) is 0 Å². The van der Waals surface area contributed by atoms with Gasteiger partial charge in [-0.2, -0.15) is 0 Å².